The Morgan fingerprint density at radius 2 is 1.97 bits per heavy atom. The maximum absolute atomic E-state index is 12.5. The molecule has 0 aliphatic carbocycles. The van der Waals surface area contributed by atoms with E-state index in [1.54, 1.807) is 14.1 Å². The molecule has 4 aromatic heterocycles. The van der Waals surface area contributed by atoms with Gasteiger partial charge in [-0.3, -0.25) is 33.2 Å². The minimum Gasteiger partial charge on any atom is -0.456 e. The number of esters is 1. The molecular formula is C19H22N8O5. The number of hydrogen-bond acceptors (Lipinski definition) is 8. The molecule has 0 amide bonds. The number of rotatable bonds is 7. The van der Waals surface area contributed by atoms with E-state index in [2.05, 4.69) is 20.1 Å². The zero-order chi connectivity index (χ0) is 23.0. The van der Waals surface area contributed by atoms with Crippen molar-refractivity contribution in [2.75, 3.05) is 0 Å². The van der Waals surface area contributed by atoms with Gasteiger partial charge in [-0.15, -0.1) is 0 Å². The Balaban J connectivity index is 1.56. The van der Waals surface area contributed by atoms with Crippen molar-refractivity contribution in [2.24, 2.45) is 14.1 Å². The monoisotopic (exact) mass is 442 g/mol. The van der Waals surface area contributed by atoms with E-state index in [1.165, 1.54) is 26.3 Å². The molecule has 32 heavy (non-hydrogen) atoms. The molecular weight excluding hydrogens is 420 g/mol. The summed E-state index contributed by atoms with van der Waals surface area (Å²) in [5.41, 5.74) is -0.631. The fourth-order valence-electron chi connectivity index (χ4n) is 3.45. The van der Waals surface area contributed by atoms with Crippen LogP contribution in [0.1, 0.15) is 25.6 Å². The molecule has 0 radical (unpaired) electrons. The van der Waals surface area contributed by atoms with E-state index in [-0.39, 0.29) is 24.3 Å². The molecule has 0 aliphatic heterocycles. The number of nitrogens with one attached hydrogen (secondary N) is 1. The van der Waals surface area contributed by atoms with Crippen molar-refractivity contribution in [3.63, 3.8) is 0 Å². The first-order chi connectivity index (χ1) is 15.3. The molecule has 0 fully saturated rings. The Hall–Kier alpha value is -4.03. The molecule has 4 rings (SSSR count). The third-order valence-electron chi connectivity index (χ3n) is 5.22. The molecule has 0 spiro atoms. The normalized spacial score (nSPS) is 11.5. The summed E-state index contributed by atoms with van der Waals surface area (Å²) >= 11 is 0. The third kappa shape index (κ3) is 3.61. The van der Waals surface area contributed by atoms with Crippen LogP contribution in [0.5, 0.6) is 0 Å². The number of aromatic nitrogens is 8. The average Bonchev–Trinajstić information content (AvgIpc) is 3.29. The zero-order valence-corrected chi connectivity index (χ0v) is 17.9. The van der Waals surface area contributed by atoms with Crippen molar-refractivity contribution in [2.45, 2.75) is 39.5 Å². The first-order valence-electron chi connectivity index (χ1n) is 10.0. The van der Waals surface area contributed by atoms with Crippen LogP contribution >= 0.6 is 0 Å². The molecule has 4 aromatic rings. The van der Waals surface area contributed by atoms with Crippen LogP contribution in [0.2, 0.25) is 0 Å². The van der Waals surface area contributed by atoms with Crippen LogP contribution in [0.4, 0.5) is 0 Å². The number of nitrogens with zero attached hydrogens (tertiary/aromatic N) is 7. The second-order valence-corrected chi connectivity index (χ2v) is 7.37. The summed E-state index contributed by atoms with van der Waals surface area (Å²) in [4.78, 5) is 60.1. The molecule has 13 nitrogen and oxygen atoms in total. The van der Waals surface area contributed by atoms with E-state index in [0.29, 0.717) is 23.4 Å². The van der Waals surface area contributed by atoms with Gasteiger partial charge in [0.15, 0.2) is 16.8 Å². The molecule has 0 saturated heterocycles. The summed E-state index contributed by atoms with van der Waals surface area (Å²) in [5, 5.41) is 4.28. The predicted molar refractivity (Wildman–Crippen MR) is 113 cm³/mol. The van der Waals surface area contributed by atoms with Crippen LogP contribution < -0.4 is 16.8 Å². The number of H-pyrrole nitrogens is 1. The SMILES string of the molecule is CCCCn1c(=O)[nH]c(=O)c2c1nc(COC(=O)Cn1cnc3c(cnn3C)c1=O)n2C. The number of aryl methyl sites for hydroxylation is 3. The number of imidazole rings is 1. The van der Waals surface area contributed by atoms with Gasteiger partial charge < -0.3 is 9.30 Å². The highest BCUT2D eigenvalue weighted by molar-refractivity contribution is 5.74. The highest BCUT2D eigenvalue weighted by atomic mass is 16.5. The smallest absolute Gasteiger partial charge is 0.330 e. The summed E-state index contributed by atoms with van der Waals surface area (Å²) in [6.45, 7) is 1.82. The van der Waals surface area contributed by atoms with Gasteiger partial charge in [-0.1, -0.05) is 13.3 Å². The molecule has 0 aromatic carbocycles. The average molecular weight is 442 g/mol. The van der Waals surface area contributed by atoms with E-state index in [0.717, 1.165) is 17.4 Å². The van der Waals surface area contributed by atoms with Crippen LogP contribution in [0.15, 0.2) is 26.9 Å². The van der Waals surface area contributed by atoms with Gasteiger partial charge in [0.25, 0.3) is 11.1 Å². The maximum atomic E-state index is 12.5. The summed E-state index contributed by atoms with van der Waals surface area (Å²) < 4.78 is 10.8. The summed E-state index contributed by atoms with van der Waals surface area (Å²) in [7, 11) is 3.27. The largest absolute Gasteiger partial charge is 0.456 e. The summed E-state index contributed by atoms with van der Waals surface area (Å²) in [6.07, 6.45) is 4.26. The molecule has 168 valence electrons. The quantitative estimate of drug-likeness (QED) is 0.373. The molecule has 0 aliphatic rings. The van der Waals surface area contributed by atoms with Crippen molar-refractivity contribution in [3.05, 3.63) is 49.5 Å². The zero-order valence-electron chi connectivity index (χ0n) is 17.9. The topological polar surface area (TPSA) is 152 Å². The van der Waals surface area contributed by atoms with Gasteiger partial charge in [0, 0.05) is 20.6 Å². The highest BCUT2D eigenvalue weighted by Gasteiger charge is 2.18. The van der Waals surface area contributed by atoms with Crippen molar-refractivity contribution in [1.82, 2.24) is 38.4 Å². The van der Waals surface area contributed by atoms with Crippen molar-refractivity contribution >= 4 is 28.2 Å². The molecule has 1 N–H and O–H groups in total. The number of carbonyl (C=O) groups excluding carboxylic acids is 1. The lowest BCUT2D eigenvalue weighted by atomic mass is 10.3. The van der Waals surface area contributed by atoms with Gasteiger partial charge in [0.2, 0.25) is 0 Å². The minimum atomic E-state index is -0.679. The Labute approximate surface area is 179 Å². The van der Waals surface area contributed by atoms with Gasteiger partial charge in [-0.05, 0) is 6.42 Å². The first-order valence-corrected chi connectivity index (χ1v) is 10.0. The Morgan fingerprint density at radius 3 is 2.72 bits per heavy atom. The van der Waals surface area contributed by atoms with Crippen LogP contribution in [0, 0.1) is 0 Å². The molecule has 0 atom stereocenters. The summed E-state index contributed by atoms with van der Waals surface area (Å²) in [6, 6.07) is 0. The minimum absolute atomic E-state index is 0.217. The number of ether oxygens (including phenoxy) is 1. The predicted octanol–water partition coefficient (Wildman–Crippen LogP) is -0.590. The Kier molecular flexibility index (Phi) is 5.47. The Bertz CT molecular complexity index is 1500. The molecule has 4 heterocycles. The second-order valence-electron chi connectivity index (χ2n) is 7.37. The number of carbonyl (C=O) groups is 1. The van der Waals surface area contributed by atoms with E-state index < -0.39 is 22.8 Å². The van der Waals surface area contributed by atoms with E-state index >= 15 is 0 Å². The first kappa shape index (κ1) is 21.2. The molecule has 0 saturated carbocycles. The Morgan fingerprint density at radius 1 is 1.19 bits per heavy atom. The fraction of sp³-hybridized carbons (Fsp3) is 0.421. The van der Waals surface area contributed by atoms with Gasteiger partial charge in [-0.25, -0.2) is 14.8 Å². The van der Waals surface area contributed by atoms with Crippen LogP contribution in [-0.4, -0.2) is 44.4 Å². The molecule has 13 heteroatoms. The van der Waals surface area contributed by atoms with E-state index in [4.69, 9.17) is 4.74 Å². The third-order valence-corrected chi connectivity index (χ3v) is 5.22. The van der Waals surface area contributed by atoms with Gasteiger partial charge >= 0.3 is 11.7 Å². The molecule has 0 bridgehead atoms. The van der Waals surface area contributed by atoms with Crippen LogP contribution in [0.25, 0.3) is 22.2 Å². The standard InChI is InChI=1S/C19H22N8O5/c1-4-5-6-27-16-14(17(29)23-19(27)31)24(2)12(22-16)9-32-13(28)8-26-10-20-15-11(18(26)30)7-21-25(15)3/h7,10H,4-6,8-9H2,1-3H3,(H,23,29,31). The van der Waals surface area contributed by atoms with Gasteiger partial charge in [-0.2, -0.15) is 5.10 Å². The lowest BCUT2D eigenvalue weighted by Gasteiger charge is -2.07. The number of unbranched alkanes of at least 4 members (excludes halogenated alkanes) is 1. The van der Waals surface area contributed by atoms with E-state index in [1.807, 2.05) is 6.92 Å². The van der Waals surface area contributed by atoms with Gasteiger partial charge in [0.05, 0.1) is 6.20 Å². The maximum Gasteiger partial charge on any atom is 0.330 e. The lowest BCUT2D eigenvalue weighted by molar-refractivity contribution is -0.146. The fourth-order valence-corrected chi connectivity index (χ4v) is 3.45. The van der Waals surface area contributed by atoms with Gasteiger partial charge in [0.1, 0.15) is 30.7 Å². The summed E-state index contributed by atoms with van der Waals surface area (Å²) in [5.74, 6) is -0.385. The molecule has 0 unspecified atom stereocenters. The van der Waals surface area contributed by atoms with Crippen LogP contribution in [0.3, 0.4) is 0 Å². The van der Waals surface area contributed by atoms with Crippen molar-refractivity contribution < 1.29 is 9.53 Å². The van der Waals surface area contributed by atoms with E-state index in [9.17, 15) is 19.2 Å². The number of fused-ring (bicyclic) bond motifs is 2. The van der Waals surface area contributed by atoms with Crippen LogP contribution in [-0.2, 0) is 43.3 Å². The number of hydrogen-bond donors (Lipinski definition) is 1. The lowest BCUT2D eigenvalue weighted by Crippen LogP contribution is -2.31. The second kappa shape index (κ2) is 8.24. The van der Waals surface area contributed by atoms with Crippen molar-refractivity contribution in [3.8, 4) is 0 Å². The number of aromatic amines is 1. The van der Waals surface area contributed by atoms with Crippen molar-refractivity contribution in [1.29, 1.82) is 0 Å². The highest BCUT2D eigenvalue weighted by Crippen LogP contribution is 2.11.